The molecule has 2 heteroatoms. The highest BCUT2D eigenvalue weighted by molar-refractivity contribution is 5.06. The molecule has 1 atom stereocenters. The van der Waals surface area contributed by atoms with Gasteiger partial charge in [-0.25, -0.2) is 0 Å². The molecule has 1 unspecified atom stereocenters. The van der Waals surface area contributed by atoms with E-state index in [4.69, 9.17) is 5.73 Å². The highest BCUT2D eigenvalue weighted by Gasteiger charge is 2.48. The molecule has 2 rings (SSSR count). The predicted molar refractivity (Wildman–Crippen MR) is 55.7 cm³/mol. The molecule has 1 saturated heterocycles. The Balaban J connectivity index is 2.02. The van der Waals surface area contributed by atoms with Crippen molar-refractivity contribution in [1.82, 2.24) is 4.90 Å². The van der Waals surface area contributed by atoms with Gasteiger partial charge in [0.05, 0.1) is 0 Å². The molecule has 1 heterocycles. The molecule has 1 aliphatic carbocycles. The van der Waals surface area contributed by atoms with Crippen LogP contribution in [0.3, 0.4) is 0 Å². The highest BCUT2D eigenvalue weighted by atomic mass is 15.3. The molecule has 0 radical (unpaired) electrons. The maximum absolute atomic E-state index is 5.87. The van der Waals surface area contributed by atoms with Gasteiger partial charge >= 0.3 is 0 Å². The SMILES string of the molecule is CC1CCCCCN1C1(CN)CC1. The van der Waals surface area contributed by atoms with Crippen molar-refractivity contribution in [2.45, 2.75) is 57.0 Å². The van der Waals surface area contributed by atoms with Gasteiger partial charge in [-0.15, -0.1) is 0 Å². The third-order valence-electron chi connectivity index (χ3n) is 3.87. The summed E-state index contributed by atoms with van der Waals surface area (Å²) in [6, 6.07) is 0.772. The fourth-order valence-electron chi connectivity index (χ4n) is 2.73. The van der Waals surface area contributed by atoms with Crippen LogP contribution in [0.25, 0.3) is 0 Å². The van der Waals surface area contributed by atoms with Crippen LogP contribution in [-0.2, 0) is 0 Å². The molecular formula is C11H22N2. The largest absolute Gasteiger partial charge is 0.329 e. The zero-order valence-electron chi connectivity index (χ0n) is 8.76. The second kappa shape index (κ2) is 3.58. The van der Waals surface area contributed by atoms with E-state index in [2.05, 4.69) is 11.8 Å². The summed E-state index contributed by atoms with van der Waals surface area (Å²) in [5, 5.41) is 0. The van der Waals surface area contributed by atoms with Gasteiger partial charge in [0.1, 0.15) is 0 Å². The molecule has 2 fully saturated rings. The second-order valence-corrected chi connectivity index (χ2v) is 4.82. The minimum atomic E-state index is 0.434. The Morgan fingerprint density at radius 3 is 2.69 bits per heavy atom. The maximum atomic E-state index is 5.87. The zero-order chi connectivity index (χ0) is 9.31. The molecule has 1 aliphatic heterocycles. The van der Waals surface area contributed by atoms with Crippen LogP contribution in [-0.4, -0.2) is 29.6 Å². The summed E-state index contributed by atoms with van der Waals surface area (Å²) in [7, 11) is 0. The lowest BCUT2D eigenvalue weighted by Crippen LogP contribution is -2.47. The van der Waals surface area contributed by atoms with Crippen LogP contribution >= 0.6 is 0 Å². The molecule has 2 aliphatic rings. The van der Waals surface area contributed by atoms with Gasteiger partial charge in [-0.2, -0.15) is 0 Å². The first-order valence-electron chi connectivity index (χ1n) is 5.75. The van der Waals surface area contributed by atoms with Crippen molar-refractivity contribution in [3.63, 3.8) is 0 Å². The summed E-state index contributed by atoms with van der Waals surface area (Å²) >= 11 is 0. The Bertz CT molecular complexity index is 175. The Labute approximate surface area is 81.5 Å². The first kappa shape index (κ1) is 9.47. The molecular weight excluding hydrogens is 160 g/mol. The molecule has 1 saturated carbocycles. The molecule has 0 spiro atoms. The van der Waals surface area contributed by atoms with Crippen molar-refractivity contribution < 1.29 is 0 Å². The quantitative estimate of drug-likeness (QED) is 0.705. The summed E-state index contributed by atoms with van der Waals surface area (Å²) < 4.78 is 0. The second-order valence-electron chi connectivity index (χ2n) is 4.82. The molecule has 0 aromatic rings. The number of nitrogens with two attached hydrogens (primary N) is 1. The number of likely N-dealkylation sites (tertiary alicyclic amines) is 1. The predicted octanol–water partition coefficient (Wildman–Crippen LogP) is 1.74. The fourth-order valence-corrected chi connectivity index (χ4v) is 2.73. The smallest absolute Gasteiger partial charge is 0.0335 e. The van der Waals surface area contributed by atoms with Gasteiger partial charge < -0.3 is 5.73 Å². The lowest BCUT2D eigenvalue weighted by atomic mass is 10.1. The third kappa shape index (κ3) is 1.75. The number of hydrogen-bond acceptors (Lipinski definition) is 2. The minimum absolute atomic E-state index is 0.434. The maximum Gasteiger partial charge on any atom is 0.0335 e. The van der Waals surface area contributed by atoms with Crippen molar-refractivity contribution >= 4 is 0 Å². The van der Waals surface area contributed by atoms with Crippen molar-refractivity contribution in [3.8, 4) is 0 Å². The van der Waals surface area contributed by atoms with Gasteiger partial charge in [-0.1, -0.05) is 12.8 Å². The molecule has 76 valence electrons. The average molecular weight is 182 g/mol. The number of hydrogen-bond donors (Lipinski definition) is 1. The zero-order valence-corrected chi connectivity index (χ0v) is 8.76. The summed E-state index contributed by atoms with van der Waals surface area (Å²) in [5.41, 5.74) is 6.31. The van der Waals surface area contributed by atoms with E-state index < -0.39 is 0 Å². The summed E-state index contributed by atoms with van der Waals surface area (Å²) in [6.07, 6.45) is 8.27. The Morgan fingerprint density at radius 2 is 2.08 bits per heavy atom. The van der Waals surface area contributed by atoms with Crippen LogP contribution in [0, 0.1) is 0 Å². The molecule has 0 amide bonds. The topological polar surface area (TPSA) is 29.3 Å². The number of nitrogens with zero attached hydrogens (tertiary/aromatic N) is 1. The van der Waals surface area contributed by atoms with E-state index in [1.165, 1.54) is 45.1 Å². The molecule has 2 N–H and O–H groups in total. The van der Waals surface area contributed by atoms with E-state index in [9.17, 15) is 0 Å². The van der Waals surface area contributed by atoms with E-state index >= 15 is 0 Å². The van der Waals surface area contributed by atoms with Crippen molar-refractivity contribution in [2.75, 3.05) is 13.1 Å². The van der Waals surface area contributed by atoms with Crippen LogP contribution in [0.4, 0.5) is 0 Å². The minimum Gasteiger partial charge on any atom is -0.329 e. The third-order valence-corrected chi connectivity index (χ3v) is 3.87. The Morgan fingerprint density at radius 1 is 1.31 bits per heavy atom. The van der Waals surface area contributed by atoms with Crippen LogP contribution in [0.1, 0.15) is 45.4 Å². The summed E-state index contributed by atoms with van der Waals surface area (Å²) in [6.45, 7) is 4.54. The fraction of sp³-hybridized carbons (Fsp3) is 1.00. The van der Waals surface area contributed by atoms with Crippen molar-refractivity contribution in [1.29, 1.82) is 0 Å². The highest BCUT2D eigenvalue weighted by Crippen LogP contribution is 2.43. The van der Waals surface area contributed by atoms with Gasteiger partial charge in [0.15, 0.2) is 0 Å². The lowest BCUT2D eigenvalue weighted by Gasteiger charge is -2.35. The first-order chi connectivity index (χ1) is 6.28. The van der Waals surface area contributed by atoms with Gasteiger partial charge in [-0.05, 0) is 39.2 Å². The average Bonchev–Trinajstić information content (AvgIpc) is 2.90. The van der Waals surface area contributed by atoms with Gasteiger partial charge in [0.2, 0.25) is 0 Å². The first-order valence-corrected chi connectivity index (χ1v) is 5.75. The summed E-state index contributed by atoms with van der Waals surface area (Å²) in [5.74, 6) is 0. The van der Waals surface area contributed by atoms with E-state index in [0.717, 1.165) is 12.6 Å². The van der Waals surface area contributed by atoms with Crippen LogP contribution in [0.2, 0.25) is 0 Å². The van der Waals surface area contributed by atoms with Crippen molar-refractivity contribution in [2.24, 2.45) is 5.73 Å². The standard InChI is InChI=1S/C11H22N2/c1-10-5-3-2-4-8-13(10)11(9-12)6-7-11/h10H,2-9,12H2,1H3. The monoisotopic (exact) mass is 182 g/mol. The Hall–Kier alpha value is -0.0800. The van der Waals surface area contributed by atoms with Gasteiger partial charge in [0, 0.05) is 18.1 Å². The van der Waals surface area contributed by atoms with Crippen LogP contribution in [0.5, 0.6) is 0 Å². The molecule has 0 aromatic carbocycles. The van der Waals surface area contributed by atoms with Crippen LogP contribution in [0.15, 0.2) is 0 Å². The summed E-state index contributed by atoms with van der Waals surface area (Å²) in [4.78, 5) is 2.69. The van der Waals surface area contributed by atoms with Crippen molar-refractivity contribution in [3.05, 3.63) is 0 Å². The van der Waals surface area contributed by atoms with E-state index in [1.807, 2.05) is 0 Å². The molecule has 0 bridgehead atoms. The van der Waals surface area contributed by atoms with Gasteiger partial charge in [0.25, 0.3) is 0 Å². The van der Waals surface area contributed by atoms with Gasteiger partial charge in [-0.3, -0.25) is 4.90 Å². The van der Waals surface area contributed by atoms with E-state index in [-0.39, 0.29) is 0 Å². The van der Waals surface area contributed by atoms with E-state index in [1.54, 1.807) is 0 Å². The number of rotatable bonds is 2. The normalized spacial score (nSPS) is 34.2. The Kier molecular flexibility index (Phi) is 2.61. The molecule has 2 nitrogen and oxygen atoms in total. The van der Waals surface area contributed by atoms with E-state index in [0.29, 0.717) is 5.54 Å². The molecule has 0 aromatic heterocycles. The molecule has 13 heavy (non-hydrogen) atoms. The lowest BCUT2D eigenvalue weighted by molar-refractivity contribution is 0.133. The van der Waals surface area contributed by atoms with Crippen LogP contribution < -0.4 is 5.73 Å².